The van der Waals surface area contributed by atoms with Crippen LogP contribution in [-0.2, 0) is 4.79 Å². The van der Waals surface area contributed by atoms with E-state index in [2.05, 4.69) is 4.90 Å². The summed E-state index contributed by atoms with van der Waals surface area (Å²) in [7, 11) is 0. The smallest absolute Gasteiger partial charge is 0.121 e. The molecule has 0 radical (unpaired) electrons. The zero-order valence-corrected chi connectivity index (χ0v) is 11.1. The molecule has 0 amide bonds. The lowest BCUT2D eigenvalue weighted by Crippen LogP contribution is -2.45. The third kappa shape index (κ3) is 3.80. The van der Waals surface area contributed by atoms with Gasteiger partial charge in [-0.2, -0.15) is 0 Å². The van der Waals surface area contributed by atoms with Crippen molar-refractivity contribution in [1.29, 1.82) is 0 Å². The van der Waals surface area contributed by atoms with E-state index >= 15 is 0 Å². The van der Waals surface area contributed by atoms with Crippen molar-refractivity contribution in [3.63, 3.8) is 0 Å². The fourth-order valence-electron chi connectivity index (χ4n) is 3.69. The predicted octanol–water partition coefficient (Wildman–Crippen LogP) is 3.54. The van der Waals surface area contributed by atoms with Gasteiger partial charge in [-0.25, -0.2) is 0 Å². The number of hydrogen-bond acceptors (Lipinski definition) is 2. The minimum Gasteiger partial charge on any atom is -0.303 e. The van der Waals surface area contributed by atoms with Gasteiger partial charge in [-0.1, -0.05) is 38.5 Å². The second-order valence-electron chi connectivity index (χ2n) is 5.78. The van der Waals surface area contributed by atoms with Gasteiger partial charge in [-0.15, -0.1) is 0 Å². The minimum absolute atomic E-state index is 0.729. The predicted molar refractivity (Wildman–Crippen MR) is 71.1 cm³/mol. The van der Waals surface area contributed by atoms with Gasteiger partial charge in [0.25, 0.3) is 0 Å². The van der Waals surface area contributed by atoms with Crippen molar-refractivity contribution in [2.45, 2.75) is 82.7 Å². The molecule has 17 heavy (non-hydrogen) atoms. The highest BCUT2D eigenvalue weighted by atomic mass is 16.1. The van der Waals surface area contributed by atoms with Crippen LogP contribution in [0.3, 0.4) is 0 Å². The van der Waals surface area contributed by atoms with Gasteiger partial charge in [-0.05, 0) is 25.7 Å². The third-order valence-electron chi connectivity index (χ3n) is 4.59. The molecule has 0 spiro atoms. The molecule has 0 atom stereocenters. The highest BCUT2D eigenvalue weighted by Crippen LogP contribution is 2.30. The van der Waals surface area contributed by atoms with E-state index in [-0.39, 0.29) is 0 Å². The Bertz CT molecular complexity index is 199. The summed E-state index contributed by atoms with van der Waals surface area (Å²) in [6, 6.07) is 1.57. The molecule has 2 aliphatic carbocycles. The maximum atomic E-state index is 10.6. The molecule has 2 aliphatic rings. The van der Waals surface area contributed by atoms with Crippen LogP contribution in [0.2, 0.25) is 0 Å². The lowest BCUT2D eigenvalue weighted by molar-refractivity contribution is -0.108. The molecule has 0 aliphatic heterocycles. The number of aldehydes is 1. The summed E-state index contributed by atoms with van der Waals surface area (Å²) >= 11 is 0. The van der Waals surface area contributed by atoms with Crippen LogP contribution in [0.1, 0.15) is 70.6 Å². The van der Waals surface area contributed by atoms with E-state index in [0.717, 1.165) is 31.3 Å². The van der Waals surface area contributed by atoms with Crippen molar-refractivity contribution in [2.75, 3.05) is 6.54 Å². The highest BCUT2D eigenvalue weighted by molar-refractivity contribution is 5.49. The molecule has 0 bridgehead atoms. The average molecular weight is 237 g/mol. The maximum Gasteiger partial charge on any atom is 0.121 e. The maximum absolute atomic E-state index is 10.6. The van der Waals surface area contributed by atoms with E-state index in [9.17, 15) is 4.79 Å². The molecule has 2 saturated carbocycles. The minimum atomic E-state index is 0.729. The number of carbonyl (C=O) groups is 1. The van der Waals surface area contributed by atoms with Gasteiger partial charge in [0, 0.05) is 25.0 Å². The summed E-state index contributed by atoms with van der Waals surface area (Å²) in [6.07, 6.45) is 15.7. The fraction of sp³-hybridized carbons (Fsp3) is 0.933. The Morgan fingerprint density at radius 3 is 1.71 bits per heavy atom. The molecular formula is C15H27NO. The molecule has 2 rings (SSSR count). The lowest BCUT2D eigenvalue weighted by atomic mass is 9.88. The van der Waals surface area contributed by atoms with Crippen LogP contribution in [-0.4, -0.2) is 29.8 Å². The molecular weight excluding hydrogens is 210 g/mol. The number of nitrogens with zero attached hydrogens (tertiary/aromatic N) is 1. The number of hydrogen-bond donors (Lipinski definition) is 0. The van der Waals surface area contributed by atoms with Crippen molar-refractivity contribution in [2.24, 2.45) is 0 Å². The molecule has 0 saturated heterocycles. The molecule has 0 heterocycles. The zero-order chi connectivity index (χ0) is 11.9. The Labute approximate surface area is 106 Å². The molecule has 0 aromatic heterocycles. The van der Waals surface area contributed by atoms with Crippen LogP contribution in [0, 0.1) is 0 Å². The van der Waals surface area contributed by atoms with Gasteiger partial charge in [0.2, 0.25) is 0 Å². The van der Waals surface area contributed by atoms with Crippen molar-refractivity contribution in [1.82, 2.24) is 4.90 Å². The summed E-state index contributed by atoms with van der Waals surface area (Å²) in [5.41, 5.74) is 0. The second-order valence-corrected chi connectivity index (χ2v) is 5.78. The van der Waals surface area contributed by atoms with Gasteiger partial charge >= 0.3 is 0 Å². The van der Waals surface area contributed by atoms with Crippen molar-refractivity contribution in [3.8, 4) is 0 Å². The molecule has 98 valence electrons. The van der Waals surface area contributed by atoms with E-state index in [1.54, 1.807) is 0 Å². The van der Waals surface area contributed by atoms with Crippen molar-refractivity contribution in [3.05, 3.63) is 0 Å². The monoisotopic (exact) mass is 237 g/mol. The summed E-state index contributed by atoms with van der Waals surface area (Å²) in [4.78, 5) is 13.3. The summed E-state index contributed by atoms with van der Waals surface area (Å²) < 4.78 is 0. The Morgan fingerprint density at radius 1 is 0.824 bits per heavy atom. The molecule has 2 heteroatoms. The number of carbonyl (C=O) groups excluding carboxylic acids is 1. The largest absolute Gasteiger partial charge is 0.303 e. The molecule has 0 unspecified atom stereocenters. The Hall–Kier alpha value is -0.370. The normalized spacial score (nSPS) is 24.1. The first kappa shape index (κ1) is 13.1. The molecule has 0 aromatic rings. The summed E-state index contributed by atoms with van der Waals surface area (Å²) in [5.74, 6) is 0. The third-order valence-corrected chi connectivity index (χ3v) is 4.59. The van der Waals surface area contributed by atoms with E-state index in [0.29, 0.717) is 0 Å². The quantitative estimate of drug-likeness (QED) is 0.682. The first-order valence-corrected chi connectivity index (χ1v) is 7.61. The summed E-state index contributed by atoms with van der Waals surface area (Å²) in [5, 5.41) is 0. The topological polar surface area (TPSA) is 20.3 Å². The van der Waals surface area contributed by atoms with Crippen LogP contribution in [0.15, 0.2) is 0 Å². The van der Waals surface area contributed by atoms with Crippen LogP contribution in [0.4, 0.5) is 0 Å². The van der Waals surface area contributed by atoms with Crippen molar-refractivity contribution < 1.29 is 4.79 Å². The Morgan fingerprint density at radius 2 is 1.29 bits per heavy atom. The molecule has 2 fully saturated rings. The molecule has 2 nitrogen and oxygen atoms in total. The highest BCUT2D eigenvalue weighted by Gasteiger charge is 2.28. The van der Waals surface area contributed by atoms with E-state index < -0.39 is 0 Å². The average Bonchev–Trinajstić information content (AvgIpc) is 2.42. The van der Waals surface area contributed by atoms with Gasteiger partial charge in [-0.3, -0.25) is 4.90 Å². The van der Waals surface area contributed by atoms with Gasteiger partial charge in [0.05, 0.1) is 0 Å². The summed E-state index contributed by atoms with van der Waals surface area (Å²) in [6.45, 7) is 1.01. The van der Waals surface area contributed by atoms with Gasteiger partial charge < -0.3 is 4.79 Å². The second kappa shape index (κ2) is 7.15. The number of rotatable bonds is 5. The van der Waals surface area contributed by atoms with Crippen LogP contribution < -0.4 is 0 Å². The van der Waals surface area contributed by atoms with Crippen molar-refractivity contribution >= 4 is 6.29 Å². The zero-order valence-electron chi connectivity index (χ0n) is 11.1. The van der Waals surface area contributed by atoms with Crippen LogP contribution in [0.5, 0.6) is 0 Å². The standard InChI is InChI=1S/C15H27NO/c17-13-7-12-16(14-8-3-1-4-9-14)15-10-5-2-6-11-15/h13-15H,1-12H2. The van der Waals surface area contributed by atoms with Gasteiger partial charge in [0.15, 0.2) is 0 Å². The van der Waals surface area contributed by atoms with Crippen LogP contribution >= 0.6 is 0 Å². The van der Waals surface area contributed by atoms with Crippen LogP contribution in [0.25, 0.3) is 0 Å². The molecule has 0 N–H and O–H groups in total. The van der Waals surface area contributed by atoms with E-state index in [4.69, 9.17) is 0 Å². The van der Waals surface area contributed by atoms with Gasteiger partial charge in [0.1, 0.15) is 6.29 Å². The van der Waals surface area contributed by atoms with E-state index in [1.807, 2.05) is 0 Å². The SMILES string of the molecule is O=CCCN(C1CCCCC1)C1CCCCC1. The fourth-order valence-corrected chi connectivity index (χ4v) is 3.69. The Balaban J connectivity index is 1.92. The first-order chi connectivity index (χ1) is 8.42. The Kier molecular flexibility index (Phi) is 5.50. The van der Waals surface area contributed by atoms with E-state index in [1.165, 1.54) is 64.2 Å². The first-order valence-electron chi connectivity index (χ1n) is 7.61. The molecule has 0 aromatic carbocycles. The lowest BCUT2D eigenvalue weighted by Gasteiger charge is -2.41.